The summed E-state index contributed by atoms with van der Waals surface area (Å²) in [6.07, 6.45) is -1.76. The van der Waals surface area contributed by atoms with Crippen LogP contribution in [0.5, 0.6) is 17.2 Å². The zero-order valence-corrected chi connectivity index (χ0v) is 15.0. The van der Waals surface area contributed by atoms with E-state index in [2.05, 4.69) is 0 Å². The zero-order chi connectivity index (χ0) is 20.0. The van der Waals surface area contributed by atoms with Crippen molar-refractivity contribution < 1.29 is 33.8 Å². The summed E-state index contributed by atoms with van der Waals surface area (Å²) in [7, 11) is 3.83. The summed E-state index contributed by atoms with van der Waals surface area (Å²) in [5.74, 6) is -1.80. The highest BCUT2D eigenvalue weighted by Gasteiger charge is 2.33. The van der Waals surface area contributed by atoms with Crippen LogP contribution in [-0.4, -0.2) is 32.2 Å². The van der Waals surface area contributed by atoms with Crippen LogP contribution >= 0.6 is 0 Å². The molecule has 0 aromatic heterocycles. The Hall–Kier alpha value is -3.33. The Morgan fingerprint density at radius 3 is 2.19 bits per heavy atom. The van der Waals surface area contributed by atoms with E-state index in [9.17, 15) is 20.0 Å². The number of carboxylic acid groups (broad SMARTS) is 1. The van der Waals surface area contributed by atoms with Gasteiger partial charge in [0, 0.05) is 0 Å². The molecule has 1 atom stereocenters. The number of hydrogen-bond donors (Lipinski definition) is 0. The van der Waals surface area contributed by atoms with Crippen molar-refractivity contribution in [3.05, 3.63) is 57.6 Å². The van der Waals surface area contributed by atoms with Gasteiger partial charge in [-0.1, -0.05) is 30.3 Å². The van der Waals surface area contributed by atoms with E-state index in [1.54, 1.807) is 30.3 Å². The molecule has 2 aromatic carbocycles. The van der Waals surface area contributed by atoms with E-state index in [4.69, 9.17) is 18.9 Å². The molecular weight excluding hydrogens is 358 g/mol. The zero-order valence-electron chi connectivity index (χ0n) is 15.0. The van der Waals surface area contributed by atoms with Gasteiger partial charge >= 0.3 is 0 Å². The van der Waals surface area contributed by atoms with Gasteiger partial charge in [0.15, 0.2) is 11.5 Å². The molecule has 2 aromatic rings. The number of carbonyl (C=O) groups is 1. The van der Waals surface area contributed by atoms with Crippen molar-refractivity contribution in [1.82, 2.24) is 0 Å². The summed E-state index contributed by atoms with van der Waals surface area (Å²) in [6, 6.07) is 9.82. The molecule has 0 N–H and O–H groups in total. The minimum absolute atomic E-state index is 0.00941. The first-order chi connectivity index (χ1) is 12.9. The molecule has 0 spiro atoms. The van der Waals surface area contributed by atoms with Crippen LogP contribution in [0, 0.1) is 10.1 Å². The Labute approximate surface area is 155 Å². The minimum Gasteiger partial charge on any atom is -0.547 e. The number of carbonyl (C=O) groups excluding carboxylic acids is 1. The van der Waals surface area contributed by atoms with Gasteiger partial charge in [0.1, 0.15) is 11.7 Å². The van der Waals surface area contributed by atoms with Crippen molar-refractivity contribution in [3.63, 3.8) is 0 Å². The highest BCUT2D eigenvalue weighted by atomic mass is 16.6. The quantitative estimate of drug-likeness (QED) is 0.478. The van der Waals surface area contributed by atoms with E-state index in [1.165, 1.54) is 21.3 Å². The molecule has 9 nitrogen and oxygen atoms in total. The number of aliphatic carboxylic acids is 1. The third-order valence-corrected chi connectivity index (χ3v) is 3.78. The largest absolute Gasteiger partial charge is 0.547 e. The van der Waals surface area contributed by atoms with Crippen molar-refractivity contribution in [1.29, 1.82) is 0 Å². The van der Waals surface area contributed by atoms with E-state index in [1.807, 2.05) is 0 Å². The molecule has 0 saturated heterocycles. The second kappa shape index (κ2) is 8.86. The molecule has 0 amide bonds. The maximum Gasteiger partial charge on any atom is 0.283 e. The molecule has 1 unspecified atom stereocenters. The molecule has 27 heavy (non-hydrogen) atoms. The fourth-order valence-electron chi connectivity index (χ4n) is 2.59. The molecule has 0 aliphatic carbocycles. The first-order valence-corrected chi connectivity index (χ1v) is 7.78. The number of nitrogens with zero attached hydrogens (tertiary/aromatic N) is 1. The Morgan fingerprint density at radius 1 is 1.07 bits per heavy atom. The van der Waals surface area contributed by atoms with Gasteiger partial charge in [-0.05, 0) is 5.56 Å². The lowest BCUT2D eigenvalue weighted by Gasteiger charge is -2.23. The van der Waals surface area contributed by atoms with Gasteiger partial charge in [-0.25, -0.2) is 0 Å². The number of ether oxygens (including phenoxy) is 4. The lowest BCUT2D eigenvalue weighted by molar-refractivity contribution is -0.386. The number of carboxylic acids is 1. The van der Waals surface area contributed by atoms with Crippen LogP contribution in [0.4, 0.5) is 5.69 Å². The second-order valence-corrected chi connectivity index (χ2v) is 5.33. The van der Waals surface area contributed by atoms with E-state index >= 15 is 0 Å². The Bertz CT molecular complexity index is 822. The lowest BCUT2D eigenvalue weighted by atomic mass is 10.0. The second-order valence-electron chi connectivity index (χ2n) is 5.33. The summed E-state index contributed by atoms with van der Waals surface area (Å²) in [4.78, 5) is 22.5. The van der Waals surface area contributed by atoms with Crippen LogP contribution in [0.1, 0.15) is 17.2 Å². The van der Waals surface area contributed by atoms with Crippen molar-refractivity contribution in [2.75, 3.05) is 21.3 Å². The van der Waals surface area contributed by atoms with Crippen LogP contribution < -0.4 is 19.3 Å². The number of rotatable bonds is 9. The fourth-order valence-corrected chi connectivity index (χ4v) is 2.59. The maximum atomic E-state index is 11.7. The monoisotopic (exact) mass is 376 g/mol. The molecule has 0 fully saturated rings. The Balaban J connectivity index is 2.59. The number of methoxy groups -OCH3 is 3. The van der Waals surface area contributed by atoms with E-state index in [-0.39, 0.29) is 29.4 Å². The van der Waals surface area contributed by atoms with Crippen LogP contribution in [-0.2, 0) is 16.1 Å². The van der Waals surface area contributed by atoms with Crippen LogP contribution in [0.25, 0.3) is 0 Å². The van der Waals surface area contributed by atoms with Crippen molar-refractivity contribution in [2.24, 2.45) is 0 Å². The molecule has 144 valence electrons. The van der Waals surface area contributed by atoms with Crippen LogP contribution in [0.3, 0.4) is 0 Å². The smallest absolute Gasteiger partial charge is 0.283 e. The number of nitro benzene ring substituents is 1. The molecule has 0 radical (unpaired) electrons. The Morgan fingerprint density at radius 2 is 1.70 bits per heavy atom. The number of hydrogen-bond acceptors (Lipinski definition) is 8. The van der Waals surface area contributed by atoms with E-state index in [0.29, 0.717) is 5.56 Å². The first-order valence-electron chi connectivity index (χ1n) is 7.78. The van der Waals surface area contributed by atoms with Crippen molar-refractivity contribution in [2.45, 2.75) is 12.7 Å². The first kappa shape index (κ1) is 20.0. The van der Waals surface area contributed by atoms with E-state index in [0.717, 1.165) is 6.07 Å². The SMILES string of the molecule is COc1cc([N+](=O)[O-])c(C(OCc2ccccc2)C(=O)[O-])c(OC)c1OC. The molecule has 0 aliphatic heterocycles. The lowest BCUT2D eigenvalue weighted by Crippen LogP contribution is -2.32. The molecule has 0 saturated carbocycles. The summed E-state index contributed by atoms with van der Waals surface area (Å²) in [6.45, 7) is -0.103. The molecule has 9 heteroatoms. The van der Waals surface area contributed by atoms with Gasteiger partial charge in [0.05, 0.1) is 44.9 Å². The molecular formula is C18H18NO8-. The molecule has 0 aliphatic rings. The molecule has 0 heterocycles. The number of nitro groups is 1. The van der Waals surface area contributed by atoms with Gasteiger partial charge < -0.3 is 28.8 Å². The summed E-state index contributed by atoms with van der Waals surface area (Å²) < 4.78 is 20.9. The highest BCUT2D eigenvalue weighted by molar-refractivity contribution is 5.78. The van der Waals surface area contributed by atoms with Gasteiger partial charge in [-0.2, -0.15) is 0 Å². The number of benzene rings is 2. The van der Waals surface area contributed by atoms with Gasteiger partial charge in [0.25, 0.3) is 5.69 Å². The third kappa shape index (κ3) is 4.26. The molecule has 2 rings (SSSR count). The Kier molecular flexibility index (Phi) is 6.56. The van der Waals surface area contributed by atoms with Gasteiger partial charge in [0.2, 0.25) is 5.75 Å². The third-order valence-electron chi connectivity index (χ3n) is 3.78. The topological polar surface area (TPSA) is 120 Å². The summed E-state index contributed by atoms with van der Waals surface area (Å²) in [5.41, 5.74) is -0.186. The van der Waals surface area contributed by atoms with Crippen LogP contribution in [0.15, 0.2) is 36.4 Å². The average Bonchev–Trinajstić information content (AvgIpc) is 2.67. The van der Waals surface area contributed by atoms with Gasteiger partial charge in [-0.15, -0.1) is 0 Å². The predicted molar refractivity (Wildman–Crippen MR) is 91.7 cm³/mol. The minimum atomic E-state index is -1.76. The average molecular weight is 376 g/mol. The maximum absolute atomic E-state index is 11.7. The summed E-state index contributed by atoms with van der Waals surface area (Å²) in [5, 5.41) is 23.3. The molecule has 0 bridgehead atoms. The van der Waals surface area contributed by atoms with Gasteiger partial charge in [-0.3, -0.25) is 10.1 Å². The van der Waals surface area contributed by atoms with Crippen molar-refractivity contribution >= 4 is 11.7 Å². The standard InChI is InChI=1S/C18H19NO8/c1-24-13-9-12(19(22)23)14(16(26-3)15(13)25-2)17(18(20)21)27-10-11-7-5-4-6-8-11/h4-9,17H,10H2,1-3H3,(H,20,21)/p-1. The summed E-state index contributed by atoms with van der Waals surface area (Å²) >= 11 is 0. The predicted octanol–water partition coefficient (Wildman–Crippen LogP) is 1.63. The van der Waals surface area contributed by atoms with E-state index < -0.39 is 22.7 Å². The van der Waals surface area contributed by atoms with Crippen molar-refractivity contribution in [3.8, 4) is 17.2 Å². The highest BCUT2D eigenvalue weighted by Crippen LogP contribution is 2.48. The fraction of sp³-hybridized carbons (Fsp3) is 0.278. The van der Waals surface area contributed by atoms with Crippen LogP contribution in [0.2, 0.25) is 0 Å². The normalized spacial score (nSPS) is 11.5.